The van der Waals surface area contributed by atoms with E-state index in [9.17, 15) is 0 Å². The molecule has 0 fully saturated rings. The Morgan fingerprint density at radius 3 is 2.52 bits per heavy atom. The van der Waals surface area contributed by atoms with Crippen LogP contribution in [-0.4, -0.2) is 6.04 Å². The Balaban J connectivity index is 1.98. The maximum absolute atomic E-state index is 5.87. The molecule has 0 saturated heterocycles. The van der Waals surface area contributed by atoms with Crippen molar-refractivity contribution >= 4 is 31.9 Å². The van der Waals surface area contributed by atoms with Gasteiger partial charge in [0, 0.05) is 17.1 Å². The first-order chi connectivity index (χ1) is 10.0. The van der Waals surface area contributed by atoms with E-state index in [4.69, 9.17) is 4.74 Å². The van der Waals surface area contributed by atoms with Crippen LogP contribution in [0, 0.1) is 0 Å². The highest BCUT2D eigenvalue weighted by atomic mass is 79.9. The number of hydrogen-bond donors (Lipinski definition) is 1. The first kappa shape index (κ1) is 16.5. The molecule has 0 aliphatic rings. The zero-order valence-corrected chi connectivity index (χ0v) is 15.4. The quantitative estimate of drug-likeness (QED) is 0.695. The molecule has 2 aromatic rings. The van der Waals surface area contributed by atoms with E-state index in [0.29, 0.717) is 12.6 Å². The lowest BCUT2D eigenvalue weighted by Gasteiger charge is -2.11. The van der Waals surface area contributed by atoms with E-state index in [2.05, 4.69) is 75.3 Å². The van der Waals surface area contributed by atoms with Crippen molar-refractivity contribution in [3.8, 4) is 5.75 Å². The molecule has 2 nitrogen and oxygen atoms in total. The van der Waals surface area contributed by atoms with E-state index in [1.165, 1.54) is 11.1 Å². The SMILES string of the molecule is CC(C)NCc1cccc(COc2ccc(Br)cc2Br)c1. The molecule has 0 heterocycles. The lowest BCUT2D eigenvalue weighted by Crippen LogP contribution is -2.21. The van der Waals surface area contributed by atoms with Gasteiger partial charge < -0.3 is 10.1 Å². The summed E-state index contributed by atoms with van der Waals surface area (Å²) in [5.41, 5.74) is 2.45. The van der Waals surface area contributed by atoms with Gasteiger partial charge in [-0.3, -0.25) is 0 Å². The van der Waals surface area contributed by atoms with Crippen LogP contribution in [0.3, 0.4) is 0 Å². The van der Waals surface area contributed by atoms with Gasteiger partial charge in [0.2, 0.25) is 0 Å². The van der Waals surface area contributed by atoms with Crippen molar-refractivity contribution in [2.75, 3.05) is 0 Å². The molecule has 0 aliphatic heterocycles. The molecule has 21 heavy (non-hydrogen) atoms. The third kappa shape index (κ3) is 5.46. The van der Waals surface area contributed by atoms with E-state index in [1.54, 1.807) is 0 Å². The van der Waals surface area contributed by atoms with Crippen molar-refractivity contribution in [2.45, 2.75) is 33.0 Å². The van der Waals surface area contributed by atoms with Gasteiger partial charge in [-0.05, 0) is 45.3 Å². The monoisotopic (exact) mass is 411 g/mol. The number of rotatable bonds is 6. The van der Waals surface area contributed by atoms with E-state index in [-0.39, 0.29) is 0 Å². The average Bonchev–Trinajstić information content (AvgIpc) is 2.45. The minimum absolute atomic E-state index is 0.489. The van der Waals surface area contributed by atoms with Crippen molar-refractivity contribution in [1.29, 1.82) is 0 Å². The lowest BCUT2D eigenvalue weighted by molar-refractivity contribution is 0.304. The molecule has 0 spiro atoms. The molecule has 2 aromatic carbocycles. The van der Waals surface area contributed by atoms with Crippen LogP contribution in [0.1, 0.15) is 25.0 Å². The van der Waals surface area contributed by atoms with Crippen molar-refractivity contribution in [1.82, 2.24) is 5.32 Å². The predicted molar refractivity (Wildman–Crippen MR) is 94.6 cm³/mol. The van der Waals surface area contributed by atoms with E-state index in [0.717, 1.165) is 21.2 Å². The largest absolute Gasteiger partial charge is 0.488 e. The fourth-order valence-corrected chi connectivity index (χ4v) is 3.07. The Labute approximate surface area is 143 Å². The summed E-state index contributed by atoms with van der Waals surface area (Å²) in [5, 5.41) is 3.42. The molecular weight excluding hydrogens is 394 g/mol. The number of benzene rings is 2. The second-order valence-electron chi connectivity index (χ2n) is 5.22. The van der Waals surface area contributed by atoms with Gasteiger partial charge in [-0.15, -0.1) is 0 Å². The van der Waals surface area contributed by atoms with Gasteiger partial charge in [0.25, 0.3) is 0 Å². The Morgan fingerprint density at radius 1 is 1.05 bits per heavy atom. The fourth-order valence-electron chi connectivity index (χ4n) is 1.90. The van der Waals surface area contributed by atoms with Crippen molar-refractivity contribution < 1.29 is 4.74 Å². The summed E-state index contributed by atoms with van der Waals surface area (Å²) in [7, 11) is 0. The standard InChI is InChI=1S/C17H19Br2NO/c1-12(2)20-10-13-4-3-5-14(8-13)11-21-17-7-6-15(18)9-16(17)19/h3-9,12,20H,10-11H2,1-2H3. The second kappa shape index (κ2) is 7.97. The van der Waals surface area contributed by atoms with Gasteiger partial charge >= 0.3 is 0 Å². The van der Waals surface area contributed by atoms with Gasteiger partial charge in [0.1, 0.15) is 12.4 Å². The molecule has 0 saturated carbocycles. The molecule has 0 bridgehead atoms. The van der Waals surface area contributed by atoms with Crippen LogP contribution in [-0.2, 0) is 13.2 Å². The molecule has 4 heteroatoms. The topological polar surface area (TPSA) is 21.3 Å². The first-order valence-corrected chi connectivity index (χ1v) is 8.52. The minimum Gasteiger partial charge on any atom is -0.488 e. The second-order valence-corrected chi connectivity index (χ2v) is 6.99. The predicted octanol–water partition coefficient (Wildman–Crippen LogP) is 5.29. The highest BCUT2D eigenvalue weighted by Gasteiger charge is 2.03. The van der Waals surface area contributed by atoms with Crippen molar-refractivity contribution in [3.63, 3.8) is 0 Å². The van der Waals surface area contributed by atoms with Gasteiger partial charge in [-0.2, -0.15) is 0 Å². The highest BCUT2D eigenvalue weighted by molar-refractivity contribution is 9.11. The van der Waals surface area contributed by atoms with Crippen LogP contribution in [0.15, 0.2) is 51.4 Å². The number of nitrogens with one attached hydrogen (secondary N) is 1. The first-order valence-electron chi connectivity index (χ1n) is 6.93. The molecule has 0 aromatic heterocycles. The summed E-state index contributed by atoms with van der Waals surface area (Å²) in [6.45, 7) is 5.75. The van der Waals surface area contributed by atoms with Crippen molar-refractivity contribution in [3.05, 3.63) is 62.5 Å². The Morgan fingerprint density at radius 2 is 1.81 bits per heavy atom. The molecule has 0 radical (unpaired) electrons. The molecular formula is C17H19Br2NO. The van der Waals surface area contributed by atoms with E-state index >= 15 is 0 Å². The van der Waals surface area contributed by atoms with Gasteiger partial charge in [0.05, 0.1) is 4.47 Å². The van der Waals surface area contributed by atoms with E-state index in [1.807, 2.05) is 18.2 Å². The Hall–Kier alpha value is -0.840. The molecule has 0 aliphatic carbocycles. The Bertz CT molecular complexity index is 599. The van der Waals surface area contributed by atoms with Crippen molar-refractivity contribution in [2.24, 2.45) is 0 Å². The molecule has 0 unspecified atom stereocenters. The summed E-state index contributed by atoms with van der Waals surface area (Å²) < 4.78 is 7.85. The number of ether oxygens (including phenoxy) is 1. The normalized spacial score (nSPS) is 10.9. The summed E-state index contributed by atoms with van der Waals surface area (Å²) in [4.78, 5) is 0. The van der Waals surface area contributed by atoms with Gasteiger partial charge in [-0.1, -0.05) is 54.0 Å². The smallest absolute Gasteiger partial charge is 0.134 e. The number of halogens is 2. The van der Waals surface area contributed by atoms with Gasteiger partial charge in [-0.25, -0.2) is 0 Å². The van der Waals surface area contributed by atoms with Crippen LogP contribution in [0.25, 0.3) is 0 Å². The molecule has 0 amide bonds. The molecule has 0 atom stereocenters. The molecule has 112 valence electrons. The minimum atomic E-state index is 0.489. The van der Waals surface area contributed by atoms with Crippen LogP contribution >= 0.6 is 31.9 Å². The summed E-state index contributed by atoms with van der Waals surface area (Å²) >= 11 is 6.95. The lowest BCUT2D eigenvalue weighted by atomic mass is 10.1. The summed E-state index contributed by atoms with van der Waals surface area (Å²) in [5.74, 6) is 0.851. The zero-order valence-electron chi connectivity index (χ0n) is 12.2. The van der Waals surface area contributed by atoms with Crippen LogP contribution in [0.2, 0.25) is 0 Å². The van der Waals surface area contributed by atoms with Crippen LogP contribution in [0.5, 0.6) is 5.75 Å². The molecule has 2 rings (SSSR count). The maximum atomic E-state index is 5.87. The fraction of sp³-hybridized carbons (Fsp3) is 0.294. The highest BCUT2D eigenvalue weighted by Crippen LogP contribution is 2.28. The third-order valence-corrected chi connectivity index (χ3v) is 4.11. The van der Waals surface area contributed by atoms with Crippen LogP contribution < -0.4 is 10.1 Å². The zero-order chi connectivity index (χ0) is 15.2. The van der Waals surface area contributed by atoms with E-state index < -0.39 is 0 Å². The maximum Gasteiger partial charge on any atom is 0.134 e. The number of hydrogen-bond acceptors (Lipinski definition) is 2. The molecule has 1 N–H and O–H groups in total. The average molecular weight is 413 g/mol. The van der Waals surface area contributed by atoms with Crippen LogP contribution in [0.4, 0.5) is 0 Å². The summed E-state index contributed by atoms with van der Waals surface area (Å²) in [6, 6.07) is 14.9. The third-order valence-electron chi connectivity index (χ3n) is 2.99. The Kier molecular flexibility index (Phi) is 6.27. The summed E-state index contributed by atoms with van der Waals surface area (Å²) in [6.07, 6.45) is 0. The van der Waals surface area contributed by atoms with Gasteiger partial charge in [0.15, 0.2) is 0 Å².